The summed E-state index contributed by atoms with van der Waals surface area (Å²) in [5.74, 6) is -1.48. The Morgan fingerprint density at radius 3 is 2.09 bits per heavy atom. The van der Waals surface area contributed by atoms with E-state index in [0.717, 1.165) is 27.8 Å². The molecule has 4 aromatic carbocycles. The summed E-state index contributed by atoms with van der Waals surface area (Å²) in [6, 6.07) is 29.5. The van der Waals surface area contributed by atoms with E-state index in [4.69, 9.17) is 14.2 Å². The summed E-state index contributed by atoms with van der Waals surface area (Å²) in [5, 5.41) is 13.1. The monoisotopic (exact) mass is 592 g/mol. The van der Waals surface area contributed by atoms with Crippen LogP contribution in [0.3, 0.4) is 0 Å². The Labute approximate surface area is 255 Å². The van der Waals surface area contributed by atoms with Gasteiger partial charge in [0.1, 0.15) is 25.0 Å². The Morgan fingerprint density at radius 1 is 0.841 bits per heavy atom. The number of phenols is 1. The maximum absolute atomic E-state index is 13.8. The fraction of sp³-hybridized carbons (Fsp3) is 0.229. The molecule has 0 saturated carbocycles. The summed E-state index contributed by atoms with van der Waals surface area (Å²) in [5.41, 5.74) is 5.46. The maximum atomic E-state index is 13.8. The van der Waals surface area contributed by atoms with Crippen molar-refractivity contribution in [1.29, 1.82) is 0 Å². The minimum absolute atomic E-state index is 0.0208. The average molecular weight is 593 g/mol. The Hall–Kier alpha value is -5.15. The second kappa shape index (κ2) is 12.6. The first-order chi connectivity index (χ1) is 21.4. The van der Waals surface area contributed by atoms with Crippen molar-refractivity contribution in [2.45, 2.75) is 37.8 Å². The highest BCUT2D eigenvalue weighted by Gasteiger charge is 2.46. The molecule has 0 aromatic heterocycles. The number of aromatic hydroxyl groups is 1. The van der Waals surface area contributed by atoms with E-state index in [1.807, 2.05) is 66.7 Å². The number of para-hydroxylation sites is 1. The van der Waals surface area contributed by atoms with Gasteiger partial charge in [-0.05, 0) is 40.8 Å². The van der Waals surface area contributed by atoms with Gasteiger partial charge in [0.05, 0.1) is 6.61 Å². The second-order valence-corrected chi connectivity index (χ2v) is 10.8. The number of carbonyl (C=O) groups excluding carboxylic acids is 3. The quantitative estimate of drug-likeness (QED) is 0.267. The summed E-state index contributed by atoms with van der Waals surface area (Å²) in [6.45, 7) is 1.47. The van der Waals surface area contributed by atoms with E-state index in [0.29, 0.717) is 5.56 Å². The lowest BCUT2D eigenvalue weighted by molar-refractivity contribution is -0.156. The lowest BCUT2D eigenvalue weighted by atomic mass is 9.98. The van der Waals surface area contributed by atoms with E-state index >= 15 is 0 Å². The molecule has 224 valence electrons. The van der Waals surface area contributed by atoms with E-state index in [1.54, 1.807) is 18.2 Å². The van der Waals surface area contributed by atoms with Crippen molar-refractivity contribution < 1.29 is 33.7 Å². The van der Waals surface area contributed by atoms with Gasteiger partial charge in [0, 0.05) is 11.5 Å². The second-order valence-electron chi connectivity index (χ2n) is 10.8. The summed E-state index contributed by atoms with van der Waals surface area (Å²) in [4.78, 5) is 41.2. The van der Waals surface area contributed by atoms with Crippen LogP contribution in [0.1, 0.15) is 41.3 Å². The standard InChI is InChI=1S/C35H32N2O7/c1-22(36-35(41)44-20-29-26-15-7-5-13-24(26)25-14-6-8-16-27(25)29)32(39)37-30(34(40)43-19-23-11-3-2-4-12-23)21-42-33(37)28-17-9-10-18-31(28)38/h2-18,22,29-30,33,38H,19-21H2,1H3,(H,36,41). The number of alkyl carbamates (subject to hydrolysis) is 1. The Morgan fingerprint density at radius 2 is 1.43 bits per heavy atom. The molecule has 9 heteroatoms. The smallest absolute Gasteiger partial charge is 0.407 e. The third-order valence-electron chi connectivity index (χ3n) is 8.00. The van der Waals surface area contributed by atoms with E-state index in [1.165, 1.54) is 17.9 Å². The molecule has 1 fully saturated rings. The molecule has 6 rings (SSSR count). The molecule has 0 radical (unpaired) electrons. The SMILES string of the molecule is CC(NC(=O)OCC1c2ccccc2-c2ccccc21)C(=O)N1C(C(=O)OCc2ccccc2)COC1c1ccccc1O. The summed E-state index contributed by atoms with van der Waals surface area (Å²) >= 11 is 0. The van der Waals surface area contributed by atoms with Crippen LogP contribution < -0.4 is 5.32 Å². The molecular formula is C35H32N2O7. The Bertz CT molecular complexity index is 1630. The summed E-state index contributed by atoms with van der Waals surface area (Å²) in [7, 11) is 0. The first-order valence-corrected chi connectivity index (χ1v) is 14.5. The van der Waals surface area contributed by atoms with E-state index in [-0.39, 0.29) is 31.5 Å². The van der Waals surface area contributed by atoms with Crippen LogP contribution in [0.5, 0.6) is 5.75 Å². The molecule has 1 aliphatic heterocycles. The highest BCUT2D eigenvalue weighted by molar-refractivity contribution is 5.90. The molecule has 2 N–H and O–H groups in total. The predicted molar refractivity (Wildman–Crippen MR) is 161 cm³/mol. The number of hydrogen-bond donors (Lipinski definition) is 2. The zero-order valence-electron chi connectivity index (χ0n) is 24.1. The summed E-state index contributed by atoms with van der Waals surface area (Å²) < 4.78 is 17.0. The molecule has 9 nitrogen and oxygen atoms in total. The van der Waals surface area contributed by atoms with Crippen molar-refractivity contribution >= 4 is 18.0 Å². The molecule has 3 unspecified atom stereocenters. The van der Waals surface area contributed by atoms with Gasteiger partial charge in [-0.2, -0.15) is 0 Å². The number of phenolic OH excluding ortho intramolecular Hbond substituents is 1. The molecule has 4 aromatic rings. The number of nitrogens with zero attached hydrogens (tertiary/aromatic N) is 1. The van der Waals surface area contributed by atoms with Crippen molar-refractivity contribution in [3.05, 3.63) is 125 Å². The van der Waals surface area contributed by atoms with Crippen LogP contribution in [0.2, 0.25) is 0 Å². The fourth-order valence-corrected chi connectivity index (χ4v) is 5.82. The van der Waals surface area contributed by atoms with Gasteiger partial charge >= 0.3 is 12.1 Å². The van der Waals surface area contributed by atoms with Gasteiger partial charge < -0.3 is 24.6 Å². The lowest BCUT2D eigenvalue weighted by Crippen LogP contribution is -2.52. The molecule has 2 amide bonds. The van der Waals surface area contributed by atoms with E-state index in [2.05, 4.69) is 17.4 Å². The van der Waals surface area contributed by atoms with Crippen molar-refractivity contribution in [3.8, 4) is 16.9 Å². The van der Waals surface area contributed by atoms with Crippen LogP contribution in [0.25, 0.3) is 11.1 Å². The van der Waals surface area contributed by atoms with Gasteiger partial charge in [-0.25, -0.2) is 9.59 Å². The number of nitrogens with one attached hydrogen (secondary N) is 1. The highest BCUT2D eigenvalue weighted by atomic mass is 16.6. The molecule has 3 atom stereocenters. The van der Waals surface area contributed by atoms with Crippen LogP contribution in [-0.4, -0.2) is 53.3 Å². The molecule has 0 spiro atoms. The van der Waals surface area contributed by atoms with Crippen molar-refractivity contribution in [2.75, 3.05) is 13.2 Å². The van der Waals surface area contributed by atoms with Crippen LogP contribution in [0.4, 0.5) is 4.79 Å². The number of fused-ring (bicyclic) bond motifs is 3. The normalized spacial score (nSPS) is 17.8. The number of rotatable bonds is 8. The van der Waals surface area contributed by atoms with Gasteiger partial charge in [0.2, 0.25) is 5.91 Å². The Kier molecular flexibility index (Phi) is 8.29. The minimum Gasteiger partial charge on any atom is -0.507 e. The topological polar surface area (TPSA) is 114 Å². The van der Waals surface area contributed by atoms with E-state index < -0.39 is 36.3 Å². The first kappa shape index (κ1) is 28.9. The van der Waals surface area contributed by atoms with Crippen LogP contribution in [0, 0.1) is 0 Å². The first-order valence-electron chi connectivity index (χ1n) is 14.5. The predicted octanol–water partition coefficient (Wildman–Crippen LogP) is 5.29. The van der Waals surface area contributed by atoms with Gasteiger partial charge in [-0.15, -0.1) is 0 Å². The van der Waals surface area contributed by atoms with Crippen LogP contribution >= 0.6 is 0 Å². The number of amides is 2. The van der Waals surface area contributed by atoms with Crippen molar-refractivity contribution in [2.24, 2.45) is 0 Å². The average Bonchev–Trinajstić information content (AvgIpc) is 3.63. The van der Waals surface area contributed by atoms with Crippen molar-refractivity contribution in [1.82, 2.24) is 10.2 Å². The van der Waals surface area contributed by atoms with Crippen LogP contribution in [-0.2, 0) is 30.4 Å². The van der Waals surface area contributed by atoms with E-state index in [9.17, 15) is 19.5 Å². The maximum Gasteiger partial charge on any atom is 0.407 e. The third kappa shape index (κ3) is 5.74. The molecular weight excluding hydrogens is 560 g/mol. The van der Waals surface area contributed by atoms with Crippen molar-refractivity contribution in [3.63, 3.8) is 0 Å². The zero-order valence-corrected chi connectivity index (χ0v) is 24.1. The number of hydrogen-bond acceptors (Lipinski definition) is 7. The number of esters is 1. The molecule has 1 heterocycles. The van der Waals surface area contributed by atoms with Gasteiger partial charge in [-0.3, -0.25) is 9.69 Å². The Balaban J connectivity index is 1.15. The van der Waals surface area contributed by atoms with Gasteiger partial charge in [-0.1, -0.05) is 97.1 Å². The number of benzene rings is 4. The fourth-order valence-electron chi connectivity index (χ4n) is 5.82. The molecule has 1 aliphatic carbocycles. The van der Waals surface area contributed by atoms with Crippen LogP contribution in [0.15, 0.2) is 103 Å². The largest absolute Gasteiger partial charge is 0.507 e. The number of ether oxygens (including phenoxy) is 3. The summed E-state index contributed by atoms with van der Waals surface area (Å²) in [6.07, 6.45) is -1.83. The zero-order chi connectivity index (χ0) is 30.6. The lowest BCUT2D eigenvalue weighted by Gasteiger charge is -2.30. The molecule has 44 heavy (non-hydrogen) atoms. The third-order valence-corrected chi connectivity index (χ3v) is 8.00. The number of carbonyl (C=O) groups is 3. The molecule has 1 saturated heterocycles. The minimum atomic E-state index is -1.09. The highest BCUT2D eigenvalue weighted by Crippen LogP contribution is 2.44. The van der Waals surface area contributed by atoms with Gasteiger partial charge in [0.15, 0.2) is 12.3 Å². The molecule has 0 bridgehead atoms. The molecule has 2 aliphatic rings. The van der Waals surface area contributed by atoms with Gasteiger partial charge in [0.25, 0.3) is 0 Å².